The Labute approximate surface area is 104 Å². The zero-order chi connectivity index (χ0) is 12.3. The number of hydrogen-bond donors (Lipinski definition) is 1. The summed E-state index contributed by atoms with van der Waals surface area (Å²) in [6, 6.07) is -0.0404. The number of thiazole rings is 1. The number of hydrogen-bond acceptors (Lipinski definition) is 5. The summed E-state index contributed by atoms with van der Waals surface area (Å²) in [5.41, 5.74) is 0. The zero-order valence-corrected chi connectivity index (χ0v) is 10.5. The molecule has 1 N–H and O–H groups in total. The monoisotopic (exact) mass is 256 g/mol. The van der Waals surface area contributed by atoms with Crippen molar-refractivity contribution in [1.29, 1.82) is 0 Å². The average Bonchev–Trinajstić information content (AvgIpc) is 2.96. The molecule has 0 radical (unpaired) electrons. The number of likely N-dealkylation sites (N-methyl/N-ethyl adjacent to an activating group) is 1. The maximum Gasteiger partial charge on any atom is 0.310 e. The van der Waals surface area contributed by atoms with Crippen molar-refractivity contribution in [2.24, 2.45) is 5.92 Å². The number of aliphatic carboxylic acids is 1. The topological polar surface area (TPSA) is 62.7 Å². The summed E-state index contributed by atoms with van der Waals surface area (Å²) in [5.74, 6) is -1.19. The molecule has 2 atom stereocenters. The number of carboxylic acids is 1. The summed E-state index contributed by atoms with van der Waals surface area (Å²) >= 11 is 1.59. The van der Waals surface area contributed by atoms with Crippen molar-refractivity contribution in [2.45, 2.75) is 19.5 Å². The fourth-order valence-corrected chi connectivity index (χ4v) is 2.75. The van der Waals surface area contributed by atoms with Crippen LogP contribution in [0.4, 0.5) is 0 Å². The van der Waals surface area contributed by atoms with Gasteiger partial charge in [-0.2, -0.15) is 0 Å². The molecule has 17 heavy (non-hydrogen) atoms. The molecular weight excluding hydrogens is 240 g/mol. The minimum Gasteiger partial charge on any atom is -0.481 e. The number of nitrogens with zero attached hydrogens (tertiary/aromatic N) is 2. The number of ether oxygens (including phenoxy) is 1. The van der Waals surface area contributed by atoms with E-state index >= 15 is 0 Å². The number of carbonyl (C=O) groups is 1. The maximum absolute atomic E-state index is 11.1. The van der Waals surface area contributed by atoms with Gasteiger partial charge in [0, 0.05) is 17.6 Å². The molecular formula is C11H16N2O3S. The van der Waals surface area contributed by atoms with Crippen LogP contribution in [-0.2, 0) is 16.1 Å². The number of carboxylic acid groups (broad SMARTS) is 1. The predicted octanol–water partition coefficient (Wildman–Crippen LogP) is 1.06. The van der Waals surface area contributed by atoms with Gasteiger partial charge >= 0.3 is 5.97 Å². The van der Waals surface area contributed by atoms with Crippen molar-refractivity contribution in [3.05, 3.63) is 16.6 Å². The molecule has 0 aliphatic carbocycles. The molecule has 2 rings (SSSR count). The van der Waals surface area contributed by atoms with Crippen LogP contribution in [0.5, 0.6) is 0 Å². The van der Waals surface area contributed by atoms with E-state index in [4.69, 9.17) is 9.84 Å². The zero-order valence-electron chi connectivity index (χ0n) is 9.70. The van der Waals surface area contributed by atoms with Crippen LogP contribution >= 0.6 is 11.3 Å². The van der Waals surface area contributed by atoms with Gasteiger partial charge in [0.15, 0.2) is 0 Å². The summed E-state index contributed by atoms with van der Waals surface area (Å²) in [6.07, 6.45) is 1.77. The lowest BCUT2D eigenvalue weighted by atomic mass is 10.0. The molecule has 0 saturated carbocycles. The number of aromatic nitrogens is 1. The van der Waals surface area contributed by atoms with E-state index in [1.54, 1.807) is 17.5 Å². The van der Waals surface area contributed by atoms with Crippen molar-refractivity contribution in [1.82, 2.24) is 9.88 Å². The largest absolute Gasteiger partial charge is 0.481 e. The highest BCUT2D eigenvalue weighted by Crippen LogP contribution is 2.22. The minimum atomic E-state index is -0.773. The fraction of sp³-hybridized carbons (Fsp3) is 0.636. The van der Waals surface area contributed by atoms with Gasteiger partial charge in [0.05, 0.1) is 25.7 Å². The third-order valence-electron chi connectivity index (χ3n) is 3.06. The molecule has 1 aromatic rings. The van der Waals surface area contributed by atoms with Gasteiger partial charge in [-0.3, -0.25) is 9.69 Å². The normalized spacial score (nSPS) is 24.4. The van der Waals surface area contributed by atoms with Crippen molar-refractivity contribution in [3.63, 3.8) is 0 Å². The van der Waals surface area contributed by atoms with E-state index in [1.807, 2.05) is 12.3 Å². The first-order valence-corrected chi connectivity index (χ1v) is 6.53. The lowest BCUT2D eigenvalue weighted by Gasteiger charge is -2.28. The second-order valence-electron chi connectivity index (χ2n) is 4.04. The Bertz CT molecular complexity index is 369. The Morgan fingerprint density at radius 1 is 1.71 bits per heavy atom. The first kappa shape index (κ1) is 12.5. The van der Waals surface area contributed by atoms with Crippen molar-refractivity contribution in [2.75, 3.05) is 19.8 Å². The van der Waals surface area contributed by atoms with Crippen LogP contribution in [0.3, 0.4) is 0 Å². The lowest BCUT2D eigenvalue weighted by Crippen LogP contribution is -2.42. The third kappa shape index (κ3) is 2.83. The standard InChI is InChI=1S/C11H16N2O3S/c1-2-13(5-10-12-3-4-17-10)9-7-16-6-8(9)11(14)15/h3-4,8-9H,2,5-7H2,1H3,(H,14,15). The van der Waals surface area contributed by atoms with Crippen molar-refractivity contribution >= 4 is 17.3 Å². The molecule has 6 heteroatoms. The second kappa shape index (κ2) is 5.57. The van der Waals surface area contributed by atoms with Crippen LogP contribution in [0, 0.1) is 5.92 Å². The molecule has 2 heterocycles. The molecule has 1 aliphatic rings. The van der Waals surface area contributed by atoms with E-state index in [1.165, 1.54) is 0 Å². The van der Waals surface area contributed by atoms with E-state index in [2.05, 4.69) is 9.88 Å². The van der Waals surface area contributed by atoms with Crippen LogP contribution in [0.25, 0.3) is 0 Å². The quantitative estimate of drug-likeness (QED) is 0.853. The van der Waals surface area contributed by atoms with E-state index in [0.717, 1.165) is 11.6 Å². The highest BCUT2D eigenvalue weighted by molar-refractivity contribution is 7.09. The third-order valence-corrected chi connectivity index (χ3v) is 3.83. The van der Waals surface area contributed by atoms with Gasteiger partial charge < -0.3 is 9.84 Å². The second-order valence-corrected chi connectivity index (χ2v) is 5.02. The van der Waals surface area contributed by atoms with Gasteiger partial charge in [0.1, 0.15) is 5.01 Å². The molecule has 1 saturated heterocycles. The summed E-state index contributed by atoms with van der Waals surface area (Å²) in [6.45, 7) is 4.35. The first-order valence-electron chi connectivity index (χ1n) is 5.65. The predicted molar refractivity (Wildman–Crippen MR) is 63.9 cm³/mol. The highest BCUT2D eigenvalue weighted by Gasteiger charge is 2.37. The molecule has 94 valence electrons. The van der Waals surface area contributed by atoms with Crippen LogP contribution in [0.15, 0.2) is 11.6 Å². The molecule has 2 unspecified atom stereocenters. The maximum atomic E-state index is 11.1. The van der Waals surface area contributed by atoms with E-state index in [0.29, 0.717) is 19.8 Å². The Balaban J connectivity index is 2.04. The summed E-state index contributed by atoms with van der Waals surface area (Å²) in [4.78, 5) is 17.5. The smallest absolute Gasteiger partial charge is 0.310 e. The average molecular weight is 256 g/mol. The van der Waals surface area contributed by atoms with E-state index in [-0.39, 0.29) is 6.04 Å². The van der Waals surface area contributed by atoms with Crippen LogP contribution in [0.2, 0.25) is 0 Å². The molecule has 1 fully saturated rings. The Hall–Kier alpha value is -0.980. The van der Waals surface area contributed by atoms with Crippen molar-refractivity contribution in [3.8, 4) is 0 Å². The van der Waals surface area contributed by atoms with Gasteiger partial charge in [-0.15, -0.1) is 11.3 Å². The molecule has 0 amide bonds. The summed E-state index contributed by atoms with van der Waals surface area (Å²) in [5, 5.41) is 12.1. The van der Waals surface area contributed by atoms with Gasteiger partial charge in [0.2, 0.25) is 0 Å². The summed E-state index contributed by atoms with van der Waals surface area (Å²) in [7, 11) is 0. The molecule has 0 bridgehead atoms. The van der Waals surface area contributed by atoms with Crippen LogP contribution in [-0.4, -0.2) is 46.8 Å². The Morgan fingerprint density at radius 2 is 2.53 bits per heavy atom. The van der Waals surface area contributed by atoms with Gasteiger partial charge in [-0.1, -0.05) is 6.92 Å². The van der Waals surface area contributed by atoms with Crippen molar-refractivity contribution < 1.29 is 14.6 Å². The SMILES string of the molecule is CCN(Cc1nccs1)C1COCC1C(=O)O. The molecule has 0 aromatic carbocycles. The Kier molecular flexibility index (Phi) is 4.09. The van der Waals surface area contributed by atoms with Gasteiger partial charge in [0.25, 0.3) is 0 Å². The van der Waals surface area contributed by atoms with Crippen LogP contribution < -0.4 is 0 Å². The van der Waals surface area contributed by atoms with Gasteiger partial charge in [-0.05, 0) is 6.54 Å². The lowest BCUT2D eigenvalue weighted by molar-refractivity contribution is -0.143. The first-order chi connectivity index (χ1) is 8.22. The molecule has 1 aliphatic heterocycles. The number of rotatable bonds is 5. The fourth-order valence-electron chi connectivity index (χ4n) is 2.11. The molecule has 1 aromatic heterocycles. The van der Waals surface area contributed by atoms with Crippen LogP contribution in [0.1, 0.15) is 11.9 Å². The van der Waals surface area contributed by atoms with Gasteiger partial charge in [-0.25, -0.2) is 4.98 Å². The summed E-state index contributed by atoms with van der Waals surface area (Å²) < 4.78 is 5.29. The molecule has 5 nitrogen and oxygen atoms in total. The van der Waals surface area contributed by atoms with E-state index in [9.17, 15) is 4.79 Å². The van der Waals surface area contributed by atoms with E-state index < -0.39 is 11.9 Å². The highest BCUT2D eigenvalue weighted by atomic mass is 32.1. The molecule has 0 spiro atoms. The minimum absolute atomic E-state index is 0.0404. The Morgan fingerprint density at radius 3 is 3.12 bits per heavy atom.